The van der Waals surface area contributed by atoms with Gasteiger partial charge in [0.1, 0.15) is 0 Å². The van der Waals surface area contributed by atoms with E-state index >= 15 is 0 Å². The van der Waals surface area contributed by atoms with Gasteiger partial charge in [-0.2, -0.15) is 0 Å². The van der Waals surface area contributed by atoms with E-state index in [1.807, 2.05) is 13.8 Å². The number of ether oxygens (including phenoxy) is 1. The molecule has 82 valence electrons. The van der Waals surface area contributed by atoms with Crippen LogP contribution < -0.4 is 0 Å². The molecule has 4 heteroatoms. The average Bonchev–Trinajstić information content (AvgIpc) is 2.20. The number of nitrogens with zero attached hydrogens (tertiary/aromatic N) is 1. The fourth-order valence-corrected chi connectivity index (χ4v) is 1.07. The summed E-state index contributed by atoms with van der Waals surface area (Å²) in [6.07, 6.45) is 6.19. The first-order valence-electron chi connectivity index (χ1n) is 4.71. The molecule has 0 aromatic heterocycles. The second-order valence-corrected chi connectivity index (χ2v) is 3.51. The van der Waals surface area contributed by atoms with E-state index in [1.54, 1.807) is 18.4 Å². The zero-order chi connectivity index (χ0) is 11.4. The van der Waals surface area contributed by atoms with Crippen LogP contribution in [0.5, 0.6) is 0 Å². The Balaban J connectivity index is 2.85. The molecule has 0 amide bonds. The third kappa shape index (κ3) is 2.95. The van der Waals surface area contributed by atoms with Crippen LogP contribution in [0.2, 0.25) is 0 Å². The molecule has 1 aliphatic carbocycles. The Labute approximate surface area is 89.1 Å². The minimum Gasteiger partial charge on any atom is -0.493 e. The van der Waals surface area contributed by atoms with E-state index in [4.69, 9.17) is 4.74 Å². The van der Waals surface area contributed by atoms with Gasteiger partial charge in [0, 0.05) is 6.20 Å². The molecule has 0 atom stereocenters. The number of ketones is 1. The fraction of sp³-hybridized carbons (Fsp3) is 0.364. The number of methoxy groups -OCH3 is 1. The number of carbonyl (C=O) groups is 1. The van der Waals surface area contributed by atoms with E-state index in [9.17, 15) is 10.0 Å². The molecule has 0 saturated carbocycles. The number of allylic oxidation sites excluding steroid dienone is 4. The number of hydroxylamine groups is 2. The molecular weight excluding hydrogens is 194 g/mol. The monoisotopic (exact) mass is 209 g/mol. The van der Waals surface area contributed by atoms with Crippen LogP contribution in [0.25, 0.3) is 0 Å². The van der Waals surface area contributed by atoms with E-state index in [0.29, 0.717) is 0 Å². The molecule has 0 saturated heterocycles. The summed E-state index contributed by atoms with van der Waals surface area (Å²) >= 11 is 0. The van der Waals surface area contributed by atoms with Gasteiger partial charge in [-0.25, -0.2) is 0 Å². The third-order valence-corrected chi connectivity index (χ3v) is 2.00. The van der Waals surface area contributed by atoms with Crippen LogP contribution in [-0.2, 0) is 9.53 Å². The Hall–Kier alpha value is -1.55. The summed E-state index contributed by atoms with van der Waals surface area (Å²) in [5, 5.41) is 10.6. The Morgan fingerprint density at radius 2 is 2.13 bits per heavy atom. The van der Waals surface area contributed by atoms with Gasteiger partial charge in [0.05, 0.1) is 13.2 Å². The van der Waals surface area contributed by atoms with Gasteiger partial charge >= 0.3 is 0 Å². The molecule has 15 heavy (non-hydrogen) atoms. The van der Waals surface area contributed by atoms with Crippen molar-refractivity contribution in [1.29, 1.82) is 0 Å². The molecule has 0 aromatic rings. The lowest BCUT2D eigenvalue weighted by Crippen LogP contribution is -2.21. The SMILES string of the molecule is COC1=C/C(=C\N(O)C(C)C)C=CC1=O. The van der Waals surface area contributed by atoms with Crippen LogP contribution in [0.1, 0.15) is 13.8 Å². The molecule has 0 fully saturated rings. The predicted octanol–water partition coefficient (Wildman–Crippen LogP) is 1.64. The number of carbonyl (C=O) groups excluding carboxylic acids is 1. The van der Waals surface area contributed by atoms with Crippen LogP contribution in [0.4, 0.5) is 0 Å². The van der Waals surface area contributed by atoms with Crippen molar-refractivity contribution in [2.75, 3.05) is 7.11 Å². The standard InChI is InChI=1S/C11H15NO3/c1-8(2)12(14)7-9-4-5-10(13)11(6-9)15-3/h4-8,14H,1-3H3/b9-7-. The molecule has 0 bridgehead atoms. The number of hydrogen-bond donors (Lipinski definition) is 1. The number of rotatable bonds is 3. The van der Waals surface area contributed by atoms with Gasteiger partial charge in [0.15, 0.2) is 5.76 Å². The van der Waals surface area contributed by atoms with Crippen LogP contribution >= 0.6 is 0 Å². The van der Waals surface area contributed by atoms with Crippen molar-refractivity contribution in [3.05, 3.63) is 35.8 Å². The largest absolute Gasteiger partial charge is 0.493 e. The van der Waals surface area contributed by atoms with E-state index in [-0.39, 0.29) is 17.6 Å². The summed E-state index contributed by atoms with van der Waals surface area (Å²) in [7, 11) is 1.44. The van der Waals surface area contributed by atoms with Crippen molar-refractivity contribution >= 4 is 5.78 Å². The van der Waals surface area contributed by atoms with Crippen molar-refractivity contribution in [3.8, 4) is 0 Å². The van der Waals surface area contributed by atoms with Gasteiger partial charge in [-0.3, -0.25) is 15.1 Å². The highest BCUT2D eigenvalue weighted by atomic mass is 16.5. The maximum absolute atomic E-state index is 11.2. The summed E-state index contributed by atoms with van der Waals surface area (Å²) in [5.74, 6) is 0.115. The molecule has 0 heterocycles. The quantitative estimate of drug-likeness (QED) is 0.718. The molecule has 0 spiro atoms. The molecule has 1 rings (SSSR count). The minimum atomic E-state index is -0.163. The van der Waals surface area contributed by atoms with Gasteiger partial charge in [0.25, 0.3) is 0 Å². The lowest BCUT2D eigenvalue weighted by atomic mass is 10.1. The van der Waals surface area contributed by atoms with Crippen molar-refractivity contribution in [2.45, 2.75) is 19.9 Å². The minimum absolute atomic E-state index is 0.0112. The van der Waals surface area contributed by atoms with E-state index in [0.717, 1.165) is 10.6 Å². The summed E-state index contributed by atoms with van der Waals surface area (Å²) < 4.78 is 4.90. The molecular formula is C11H15NO3. The summed E-state index contributed by atoms with van der Waals surface area (Å²) in [6, 6.07) is -0.0112. The van der Waals surface area contributed by atoms with Gasteiger partial charge in [0.2, 0.25) is 5.78 Å². The Morgan fingerprint density at radius 1 is 1.47 bits per heavy atom. The lowest BCUT2D eigenvalue weighted by molar-refractivity contribution is -0.114. The average molecular weight is 209 g/mol. The van der Waals surface area contributed by atoms with E-state index in [2.05, 4.69) is 0 Å². The second kappa shape index (κ2) is 4.79. The van der Waals surface area contributed by atoms with Crippen LogP contribution in [-0.4, -0.2) is 29.2 Å². The molecule has 0 unspecified atom stereocenters. The molecule has 0 aliphatic heterocycles. The van der Waals surface area contributed by atoms with Crippen molar-refractivity contribution in [3.63, 3.8) is 0 Å². The zero-order valence-electron chi connectivity index (χ0n) is 9.10. The smallest absolute Gasteiger partial charge is 0.220 e. The van der Waals surface area contributed by atoms with Gasteiger partial charge in [-0.05, 0) is 37.6 Å². The molecule has 1 N–H and O–H groups in total. The highest BCUT2D eigenvalue weighted by Gasteiger charge is 2.12. The first-order valence-corrected chi connectivity index (χ1v) is 4.71. The second-order valence-electron chi connectivity index (χ2n) is 3.51. The Bertz CT molecular complexity index is 340. The van der Waals surface area contributed by atoms with Gasteiger partial charge in [-0.15, -0.1) is 0 Å². The first-order chi connectivity index (χ1) is 7.04. The van der Waals surface area contributed by atoms with Gasteiger partial charge in [-0.1, -0.05) is 0 Å². The first kappa shape index (κ1) is 11.5. The van der Waals surface area contributed by atoms with Crippen LogP contribution in [0, 0.1) is 0 Å². The summed E-state index contributed by atoms with van der Waals surface area (Å²) in [4.78, 5) is 11.2. The highest BCUT2D eigenvalue weighted by Crippen LogP contribution is 2.14. The molecule has 1 aliphatic rings. The Morgan fingerprint density at radius 3 is 2.67 bits per heavy atom. The summed E-state index contributed by atoms with van der Waals surface area (Å²) in [5.41, 5.74) is 0.725. The normalized spacial score (nSPS) is 18.3. The number of hydrogen-bond acceptors (Lipinski definition) is 4. The molecule has 4 nitrogen and oxygen atoms in total. The summed E-state index contributed by atoms with van der Waals surface area (Å²) in [6.45, 7) is 3.71. The fourth-order valence-electron chi connectivity index (χ4n) is 1.07. The topological polar surface area (TPSA) is 49.8 Å². The third-order valence-electron chi connectivity index (χ3n) is 2.00. The Kier molecular flexibility index (Phi) is 3.68. The predicted molar refractivity (Wildman–Crippen MR) is 56.1 cm³/mol. The molecule has 0 radical (unpaired) electrons. The van der Waals surface area contributed by atoms with Crippen LogP contribution in [0.3, 0.4) is 0 Å². The highest BCUT2D eigenvalue weighted by molar-refractivity contribution is 6.04. The maximum Gasteiger partial charge on any atom is 0.220 e. The van der Waals surface area contributed by atoms with Crippen molar-refractivity contribution in [1.82, 2.24) is 5.06 Å². The lowest BCUT2D eigenvalue weighted by Gasteiger charge is -2.17. The van der Waals surface area contributed by atoms with Crippen molar-refractivity contribution in [2.24, 2.45) is 0 Å². The van der Waals surface area contributed by atoms with Crippen molar-refractivity contribution < 1.29 is 14.7 Å². The molecule has 0 aromatic carbocycles. The zero-order valence-corrected chi connectivity index (χ0v) is 9.10. The maximum atomic E-state index is 11.2. The van der Waals surface area contributed by atoms with E-state index < -0.39 is 0 Å². The van der Waals surface area contributed by atoms with Crippen LogP contribution in [0.15, 0.2) is 35.8 Å². The van der Waals surface area contributed by atoms with E-state index in [1.165, 1.54) is 13.2 Å². The van der Waals surface area contributed by atoms with Gasteiger partial charge < -0.3 is 4.74 Å².